The summed E-state index contributed by atoms with van der Waals surface area (Å²) in [5.41, 5.74) is 1.13. The van der Waals surface area contributed by atoms with Crippen LogP contribution in [0.15, 0.2) is 9.15 Å². The first-order chi connectivity index (χ1) is 5.77. The SMILES string of the molecule is Cc1noc(-c2nonc2C)n1. The van der Waals surface area contributed by atoms with Gasteiger partial charge in [-0.05, 0) is 19.0 Å². The van der Waals surface area contributed by atoms with Gasteiger partial charge in [-0.15, -0.1) is 0 Å². The lowest BCUT2D eigenvalue weighted by Crippen LogP contribution is -1.81. The van der Waals surface area contributed by atoms with Crippen molar-refractivity contribution in [1.82, 2.24) is 20.5 Å². The van der Waals surface area contributed by atoms with Gasteiger partial charge in [0, 0.05) is 0 Å². The van der Waals surface area contributed by atoms with Crippen molar-refractivity contribution in [3.63, 3.8) is 0 Å². The van der Waals surface area contributed by atoms with Crippen LogP contribution < -0.4 is 0 Å². The molecule has 0 aliphatic carbocycles. The third kappa shape index (κ3) is 0.969. The number of rotatable bonds is 1. The van der Waals surface area contributed by atoms with Gasteiger partial charge in [-0.2, -0.15) is 4.98 Å². The van der Waals surface area contributed by atoms with E-state index in [4.69, 9.17) is 4.52 Å². The van der Waals surface area contributed by atoms with E-state index in [1.807, 2.05) is 0 Å². The minimum absolute atomic E-state index is 0.339. The second kappa shape index (κ2) is 2.40. The highest BCUT2D eigenvalue weighted by Crippen LogP contribution is 2.16. The average molecular weight is 166 g/mol. The van der Waals surface area contributed by atoms with E-state index in [1.165, 1.54) is 0 Å². The number of aryl methyl sites for hydroxylation is 2. The predicted molar refractivity (Wildman–Crippen MR) is 37.1 cm³/mol. The Bertz CT molecular complexity index is 392. The van der Waals surface area contributed by atoms with Crippen molar-refractivity contribution in [3.8, 4) is 11.6 Å². The smallest absolute Gasteiger partial charge is 0.282 e. The van der Waals surface area contributed by atoms with Crippen LogP contribution in [0.2, 0.25) is 0 Å². The van der Waals surface area contributed by atoms with Crippen LogP contribution in [0, 0.1) is 13.8 Å². The van der Waals surface area contributed by atoms with Crippen LogP contribution in [0.3, 0.4) is 0 Å². The highest BCUT2D eigenvalue weighted by atomic mass is 16.6. The molecule has 0 atom stereocenters. The van der Waals surface area contributed by atoms with E-state index in [1.54, 1.807) is 13.8 Å². The molecule has 0 aromatic carbocycles. The summed E-state index contributed by atoms with van der Waals surface area (Å²) < 4.78 is 9.35. The summed E-state index contributed by atoms with van der Waals surface area (Å²) in [5, 5.41) is 10.8. The minimum atomic E-state index is 0.339. The molecule has 0 aliphatic heterocycles. The van der Waals surface area contributed by atoms with Crippen LogP contribution in [0.25, 0.3) is 11.6 Å². The summed E-state index contributed by atoms with van der Waals surface area (Å²) in [6.07, 6.45) is 0. The normalized spacial score (nSPS) is 10.5. The fourth-order valence-corrected chi connectivity index (χ4v) is 0.819. The molecule has 0 bridgehead atoms. The second-order valence-corrected chi connectivity index (χ2v) is 2.34. The highest BCUT2D eigenvalue weighted by molar-refractivity contribution is 5.47. The van der Waals surface area contributed by atoms with Crippen LogP contribution in [0.5, 0.6) is 0 Å². The van der Waals surface area contributed by atoms with E-state index in [0.29, 0.717) is 23.1 Å². The van der Waals surface area contributed by atoms with Crippen molar-refractivity contribution in [2.45, 2.75) is 13.8 Å². The van der Waals surface area contributed by atoms with E-state index in [9.17, 15) is 0 Å². The molecule has 0 unspecified atom stereocenters. The minimum Gasteiger partial charge on any atom is -0.332 e. The van der Waals surface area contributed by atoms with Gasteiger partial charge in [0.15, 0.2) is 11.5 Å². The molecule has 0 saturated carbocycles. The van der Waals surface area contributed by atoms with Crippen LogP contribution in [-0.4, -0.2) is 20.5 Å². The van der Waals surface area contributed by atoms with E-state index < -0.39 is 0 Å². The van der Waals surface area contributed by atoms with Gasteiger partial charge in [0.05, 0.1) is 0 Å². The summed E-state index contributed by atoms with van der Waals surface area (Å²) in [6.45, 7) is 3.49. The molecule has 0 spiro atoms. The molecule has 0 radical (unpaired) electrons. The first-order valence-corrected chi connectivity index (χ1v) is 3.37. The van der Waals surface area contributed by atoms with Crippen molar-refractivity contribution >= 4 is 0 Å². The number of hydrogen-bond acceptors (Lipinski definition) is 6. The summed E-state index contributed by atoms with van der Waals surface area (Å²) >= 11 is 0. The molecule has 0 amide bonds. The van der Waals surface area contributed by atoms with Gasteiger partial charge in [-0.1, -0.05) is 10.3 Å². The Kier molecular flexibility index (Phi) is 1.39. The lowest BCUT2D eigenvalue weighted by atomic mass is 10.3. The quantitative estimate of drug-likeness (QED) is 0.621. The molecular weight excluding hydrogens is 160 g/mol. The van der Waals surface area contributed by atoms with Crippen LogP contribution in [-0.2, 0) is 0 Å². The standard InChI is InChI=1S/C6H6N4O2/c1-3-5(10-12-8-3)6-7-4(2)9-11-6/h1-2H3. The van der Waals surface area contributed by atoms with Gasteiger partial charge in [-0.3, -0.25) is 0 Å². The molecule has 0 saturated heterocycles. The zero-order chi connectivity index (χ0) is 8.55. The second-order valence-electron chi connectivity index (χ2n) is 2.34. The molecule has 62 valence electrons. The maximum atomic E-state index is 4.87. The maximum Gasteiger partial charge on any atom is 0.282 e. The molecule has 6 nitrogen and oxygen atoms in total. The fourth-order valence-electron chi connectivity index (χ4n) is 0.819. The van der Waals surface area contributed by atoms with Gasteiger partial charge in [0.2, 0.25) is 0 Å². The fraction of sp³-hybridized carbons (Fsp3) is 0.333. The van der Waals surface area contributed by atoms with Crippen molar-refractivity contribution < 1.29 is 9.15 Å². The number of nitrogens with zero attached hydrogens (tertiary/aromatic N) is 4. The Hall–Kier alpha value is -1.72. The lowest BCUT2D eigenvalue weighted by molar-refractivity contribution is 0.304. The Labute approximate surface area is 67.5 Å². The van der Waals surface area contributed by atoms with E-state index in [-0.39, 0.29) is 0 Å². The third-order valence-corrected chi connectivity index (χ3v) is 1.38. The Balaban J connectivity index is 2.50. The maximum absolute atomic E-state index is 4.87. The van der Waals surface area contributed by atoms with Gasteiger partial charge in [0.1, 0.15) is 5.69 Å². The molecule has 0 N–H and O–H groups in total. The average Bonchev–Trinajstić information content (AvgIpc) is 2.58. The first-order valence-electron chi connectivity index (χ1n) is 3.37. The summed E-state index contributed by atoms with van der Waals surface area (Å²) in [7, 11) is 0. The van der Waals surface area contributed by atoms with E-state index in [2.05, 4.69) is 25.1 Å². The van der Waals surface area contributed by atoms with Gasteiger partial charge < -0.3 is 4.52 Å². The van der Waals surface area contributed by atoms with Crippen LogP contribution >= 0.6 is 0 Å². The molecule has 0 aliphatic rings. The zero-order valence-corrected chi connectivity index (χ0v) is 6.61. The molecule has 12 heavy (non-hydrogen) atoms. The molecule has 6 heteroatoms. The van der Waals surface area contributed by atoms with Crippen molar-refractivity contribution in [1.29, 1.82) is 0 Å². The largest absolute Gasteiger partial charge is 0.332 e. The molecule has 0 fully saturated rings. The lowest BCUT2D eigenvalue weighted by Gasteiger charge is -1.81. The van der Waals surface area contributed by atoms with Crippen molar-refractivity contribution in [2.75, 3.05) is 0 Å². The van der Waals surface area contributed by atoms with Gasteiger partial charge >= 0.3 is 0 Å². The Morgan fingerprint density at radius 1 is 1.08 bits per heavy atom. The molecule has 2 heterocycles. The molecule has 2 rings (SSSR count). The topological polar surface area (TPSA) is 77.8 Å². The summed E-state index contributed by atoms with van der Waals surface area (Å²) in [4.78, 5) is 3.97. The van der Waals surface area contributed by atoms with Crippen molar-refractivity contribution in [2.24, 2.45) is 0 Å². The molecular formula is C6H6N4O2. The summed E-state index contributed by atoms with van der Waals surface area (Å²) in [5.74, 6) is 0.902. The van der Waals surface area contributed by atoms with Gasteiger partial charge in [-0.25, -0.2) is 4.63 Å². The summed E-state index contributed by atoms with van der Waals surface area (Å²) in [6, 6.07) is 0. The number of hydrogen-bond donors (Lipinski definition) is 0. The number of aromatic nitrogens is 4. The Morgan fingerprint density at radius 2 is 1.92 bits per heavy atom. The first kappa shape index (κ1) is 6.96. The molecule has 2 aromatic rings. The highest BCUT2D eigenvalue weighted by Gasteiger charge is 2.14. The monoisotopic (exact) mass is 166 g/mol. The van der Waals surface area contributed by atoms with Crippen molar-refractivity contribution in [3.05, 3.63) is 11.5 Å². The zero-order valence-electron chi connectivity index (χ0n) is 6.61. The van der Waals surface area contributed by atoms with Crippen LogP contribution in [0.4, 0.5) is 0 Å². The van der Waals surface area contributed by atoms with E-state index in [0.717, 1.165) is 0 Å². The molecule has 2 aromatic heterocycles. The Morgan fingerprint density at radius 3 is 2.42 bits per heavy atom. The van der Waals surface area contributed by atoms with E-state index >= 15 is 0 Å². The third-order valence-electron chi connectivity index (χ3n) is 1.38. The van der Waals surface area contributed by atoms with Crippen LogP contribution in [0.1, 0.15) is 11.5 Å². The van der Waals surface area contributed by atoms with Gasteiger partial charge in [0.25, 0.3) is 5.89 Å². The predicted octanol–water partition coefficient (Wildman–Crippen LogP) is 0.736.